The summed E-state index contributed by atoms with van der Waals surface area (Å²) in [7, 11) is 1.30. The van der Waals surface area contributed by atoms with Gasteiger partial charge in [-0.25, -0.2) is 4.79 Å². The van der Waals surface area contributed by atoms with E-state index in [2.05, 4.69) is 22.4 Å². The van der Waals surface area contributed by atoms with Gasteiger partial charge in [0, 0.05) is 17.5 Å². The van der Waals surface area contributed by atoms with Crippen LogP contribution in [0.15, 0.2) is 29.3 Å². The number of phenolic OH excluding ortho intramolecular Hbond substituents is 1. The minimum atomic E-state index is -0.645. The van der Waals surface area contributed by atoms with Gasteiger partial charge in [0.15, 0.2) is 6.04 Å². The Kier molecular flexibility index (Phi) is 4.85. The van der Waals surface area contributed by atoms with Crippen molar-refractivity contribution < 1.29 is 14.6 Å². The fourth-order valence-corrected chi connectivity index (χ4v) is 1.33. The van der Waals surface area contributed by atoms with Crippen LogP contribution in [0.2, 0.25) is 0 Å². The SMILES string of the molecule is COC(=O)[C@H](CS)N=Cc1ccccc1O. The predicted molar refractivity (Wildman–Crippen MR) is 65.4 cm³/mol. The monoisotopic (exact) mass is 239 g/mol. The minimum Gasteiger partial charge on any atom is -0.507 e. The number of ether oxygens (including phenoxy) is 1. The molecule has 0 radical (unpaired) electrons. The van der Waals surface area contributed by atoms with Crippen LogP contribution in [0.1, 0.15) is 5.56 Å². The van der Waals surface area contributed by atoms with Gasteiger partial charge < -0.3 is 9.84 Å². The van der Waals surface area contributed by atoms with Gasteiger partial charge in [0.1, 0.15) is 5.75 Å². The van der Waals surface area contributed by atoms with E-state index >= 15 is 0 Å². The number of thiol groups is 1. The minimum absolute atomic E-state index is 0.119. The summed E-state index contributed by atoms with van der Waals surface area (Å²) in [6, 6.07) is 6.09. The summed E-state index contributed by atoms with van der Waals surface area (Å²) >= 11 is 4.00. The number of carbonyl (C=O) groups excluding carboxylic acids is 1. The summed E-state index contributed by atoms with van der Waals surface area (Å²) in [6.45, 7) is 0. The zero-order chi connectivity index (χ0) is 12.0. The third-order valence-corrected chi connectivity index (χ3v) is 2.32. The highest BCUT2D eigenvalue weighted by atomic mass is 32.1. The van der Waals surface area contributed by atoms with Gasteiger partial charge in [0.25, 0.3) is 0 Å². The highest BCUT2D eigenvalue weighted by Gasteiger charge is 2.14. The molecule has 16 heavy (non-hydrogen) atoms. The van der Waals surface area contributed by atoms with Crippen molar-refractivity contribution in [3.63, 3.8) is 0 Å². The number of hydrogen-bond donors (Lipinski definition) is 2. The molecule has 0 unspecified atom stereocenters. The Balaban J connectivity index is 2.79. The second kappa shape index (κ2) is 6.17. The van der Waals surface area contributed by atoms with Gasteiger partial charge in [-0.1, -0.05) is 12.1 Å². The maximum absolute atomic E-state index is 11.2. The van der Waals surface area contributed by atoms with Crippen LogP contribution in [0.5, 0.6) is 5.75 Å². The Hall–Kier alpha value is -1.49. The van der Waals surface area contributed by atoms with E-state index in [1.54, 1.807) is 24.3 Å². The van der Waals surface area contributed by atoms with Gasteiger partial charge in [-0.15, -0.1) is 0 Å². The third kappa shape index (κ3) is 3.27. The second-order valence-electron chi connectivity index (χ2n) is 3.06. The van der Waals surface area contributed by atoms with Crippen molar-refractivity contribution in [3.05, 3.63) is 29.8 Å². The van der Waals surface area contributed by atoms with Crippen molar-refractivity contribution in [2.75, 3.05) is 12.9 Å². The van der Waals surface area contributed by atoms with Crippen LogP contribution < -0.4 is 0 Å². The zero-order valence-electron chi connectivity index (χ0n) is 8.83. The van der Waals surface area contributed by atoms with Crippen molar-refractivity contribution in [3.8, 4) is 5.75 Å². The lowest BCUT2D eigenvalue weighted by atomic mass is 10.2. The van der Waals surface area contributed by atoms with Gasteiger partial charge >= 0.3 is 5.97 Å². The normalized spacial score (nSPS) is 12.6. The molecule has 0 aliphatic heterocycles. The average molecular weight is 239 g/mol. The Morgan fingerprint density at radius 1 is 1.62 bits per heavy atom. The van der Waals surface area contributed by atoms with Crippen LogP contribution in [-0.2, 0) is 9.53 Å². The molecule has 5 heteroatoms. The summed E-state index contributed by atoms with van der Waals surface area (Å²) in [5.41, 5.74) is 0.554. The molecule has 1 atom stereocenters. The molecular formula is C11H13NO3S. The van der Waals surface area contributed by atoms with Crippen LogP contribution in [0.25, 0.3) is 0 Å². The summed E-state index contributed by atoms with van der Waals surface area (Å²) in [4.78, 5) is 15.2. The van der Waals surface area contributed by atoms with Crippen LogP contribution in [0, 0.1) is 0 Å². The van der Waals surface area contributed by atoms with Crippen molar-refractivity contribution in [2.24, 2.45) is 4.99 Å². The summed E-state index contributed by atoms with van der Waals surface area (Å²) in [5.74, 6) is -0.0627. The first-order chi connectivity index (χ1) is 7.69. The van der Waals surface area contributed by atoms with Gasteiger partial charge in [0.2, 0.25) is 0 Å². The first-order valence-electron chi connectivity index (χ1n) is 4.69. The van der Waals surface area contributed by atoms with Gasteiger partial charge in [-0.2, -0.15) is 12.6 Å². The molecule has 86 valence electrons. The molecule has 0 aliphatic carbocycles. The zero-order valence-corrected chi connectivity index (χ0v) is 9.72. The lowest BCUT2D eigenvalue weighted by Gasteiger charge is -2.06. The van der Waals surface area contributed by atoms with E-state index in [0.717, 1.165) is 0 Å². The molecule has 0 amide bonds. The van der Waals surface area contributed by atoms with Crippen LogP contribution >= 0.6 is 12.6 Å². The van der Waals surface area contributed by atoms with E-state index in [1.165, 1.54) is 13.3 Å². The standard InChI is InChI=1S/C11H13NO3S/c1-15-11(14)9(7-16)12-6-8-4-2-3-5-10(8)13/h2-6,9,13,16H,7H2,1H3/t9-/m0/s1. The first-order valence-corrected chi connectivity index (χ1v) is 5.32. The number of phenols is 1. The Morgan fingerprint density at radius 3 is 2.88 bits per heavy atom. The van der Waals surface area contributed by atoms with Gasteiger partial charge in [-0.3, -0.25) is 4.99 Å². The number of carbonyl (C=O) groups is 1. The maximum atomic E-state index is 11.2. The smallest absolute Gasteiger partial charge is 0.331 e. The Labute approximate surface area is 99.4 Å². The van der Waals surface area contributed by atoms with Crippen molar-refractivity contribution in [1.82, 2.24) is 0 Å². The van der Waals surface area contributed by atoms with E-state index in [4.69, 9.17) is 0 Å². The second-order valence-corrected chi connectivity index (χ2v) is 3.42. The number of esters is 1. The molecule has 4 nitrogen and oxygen atoms in total. The molecule has 0 heterocycles. The fraction of sp³-hybridized carbons (Fsp3) is 0.273. The number of aliphatic imine (C=N–C) groups is 1. The quantitative estimate of drug-likeness (QED) is 0.473. The summed E-state index contributed by atoms with van der Waals surface area (Å²) in [5, 5.41) is 9.47. The van der Waals surface area contributed by atoms with E-state index in [9.17, 15) is 9.90 Å². The van der Waals surface area contributed by atoms with Crippen molar-refractivity contribution >= 4 is 24.8 Å². The molecule has 0 bridgehead atoms. The number of hydrogen-bond acceptors (Lipinski definition) is 5. The van der Waals surface area contributed by atoms with E-state index < -0.39 is 12.0 Å². The molecular weight excluding hydrogens is 226 g/mol. The Morgan fingerprint density at radius 2 is 2.31 bits per heavy atom. The van der Waals surface area contributed by atoms with E-state index in [0.29, 0.717) is 5.56 Å². The maximum Gasteiger partial charge on any atom is 0.331 e. The number of nitrogens with zero attached hydrogens (tertiary/aromatic N) is 1. The van der Waals surface area contributed by atoms with Crippen LogP contribution in [0.3, 0.4) is 0 Å². The molecule has 0 fully saturated rings. The summed E-state index contributed by atoms with van der Waals surface area (Å²) < 4.78 is 4.56. The molecule has 0 spiro atoms. The Bertz CT molecular complexity index is 393. The molecule has 1 rings (SSSR count). The highest BCUT2D eigenvalue weighted by molar-refractivity contribution is 7.80. The van der Waals surface area contributed by atoms with Crippen molar-refractivity contribution in [2.45, 2.75) is 6.04 Å². The fourth-order valence-electron chi connectivity index (χ4n) is 1.09. The number of aromatic hydroxyl groups is 1. The molecule has 1 aromatic rings. The largest absolute Gasteiger partial charge is 0.507 e. The predicted octanol–water partition coefficient (Wildman–Crippen LogP) is 1.28. The van der Waals surface area contributed by atoms with Crippen LogP contribution in [-0.4, -0.2) is 36.2 Å². The number of para-hydroxylation sites is 1. The van der Waals surface area contributed by atoms with Gasteiger partial charge in [-0.05, 0) is 12.1 Å². The summed E-state index contributed by atoms with van der Waals surface area (Å²) in [6.07, 6.45) is 1.44. The molecule has 1 aromatic carbocycles. The molecule has 0 aliphatic rings. The molecule has 0 saturated carbocycles. The molecule has 0 saturated heterocycles. The molecule has 1 N–H and O–H groups in total. The number of methoxy groups -OCH3 is 1. The third-order valence-electron chi connectivity index (χ3n) is 1.98. The van der Waals surface area contributed by atoms with Crippen molar-refractivity contribution in [1.29, 1.82) is 0 Å². The topological polar surface area (TPSA) is 58.9 Å². The lowest BCUT2D eigenvalue weighted by Crippen LogP contribution is -2.22. The van der Waals surface area contributed by atoms with E-state index in [1.807, 2.05) is 0 Å². The number of benzene rings is 1. The van der Waals surface area contributed by atoms with Crippen LogP contribution in [0.4, 0.5) is 0 Å². The first kappa shape index (κ1) is 12.6. The lowest BCUT2D eigenvalue weighted by molar-refractivity contribution is -0.141. The molecule has 0 aromatic heterocycles. The van der Waals surface area contributed by atoms with Gasteiger partial charge in [0.05, 0.1) is 7.11 Å². The van der Waals surface area contributed by atoms with E-state index in [-0.39, 0.29) is 11.5 Å². The average Bonchev–Trinajstić information content (AvgIpc) is 2.31. The highest BCUT2D eigenvalue weighted by Crippen LogP contribution is 2.13. The number of rotatable bonds is 4.